The first-order valence-electron chi connectivity index (χ1n) is 10.3. The number of ether oxygens (including phenoxy) is 2. The molecule has 5 rings (SSSR count). The zero-order chi connectivity index (χ0) is 22.1. The van der Waals surface area contributed by atoms with E-state index in [1.807, 2.05) is 36.4 Å². The average molecular weight is 489 g/mol. The third-order valence-electron chi connectivity index (χ3n) is 5.59. The van der Waals surface area contributed by atoms with Gasteiger partial charge in [-0.15, -0.1) is 22.7 Å². The number of para-hydroxylation sites is 1. The number of thiophene rings is 2. The van der Waals surface area contributed by atoms with Crippen molar-refractivity contribution in [2.45, 2.75) is 13.2 Å². The summed E-state index contributed by atoms with van der Waals surface area (Å²) < 4.78 is 11.9. The van der Waals surface area contributed by atoms with Gasteiger partial charge in [-0.05, 0) is 30.3 Å². The van der Waals surface area contributed by atoms with Crippen LogP contribution in [0, 0.1) is 0 Å². The number of amides is 1. The lowest BCUT2D eigenvalue weighted by Crippen LogP contribution is -2.49. The molecule has 0 bridgehead atoms. The van der Waals surface area contributed by atoms with Crippen molar-refractivity contribution in [2.24, 2.45) is 0 Å². The van der Waals surface area contributed by atoms with Crippen LogP contribution in [0.25, 0.3) is 10.4 Å². The van der Waals surface area contributed by atoms with Crippen molar-refractivity contribution in [3.63, 3.8) is 0 Å². The van der Waals surface area contributed by atoms with E-state index < -0.39 is 5.97 Å². The maximum atomic E-state index is 12.6. The summed E-state index contributed by atoms with van der Waals surface area (Å²) in [5, 5.41) is 0. The largest absolute Gasteiger partial charge is 0.488 e. The predicted octanol–water partition coefficient (Wildman–Crippen LogP) is 4.52. The minimum absolute atomic E-state index is 0.160. The summed E-state index contributed by atoms with van der Waals surface area (Å²) in [6.45, 7) is 3.84. The van der Waals surface area contributed by atoms with Crippen LogP contribution >= 0.6 is 34.3 Å². The zero-order valence-electron chi connectivity index (χ0n) is 17.2. The fourth-order valence-corrected chi connectivity index (χ4v) is 6.12. The van der Waals surface area contributed by atoms with Crippen molar-refractivity contribution >= 4 is 46.2 Å². The highest BCUT2D eigenvalue weighted by Crippen LogP contribution is 2.42. The maximum Gasteiger partial charge on any atom is 0.348 e. The highest BCUT2D eigenvalue weighted by molar-refractivity contribution is 7.17. The number of esters is 1. The Bertz CT molecular complexity index is 1150. The van der Waals surface area contributed by atoms with E-state index in [0.717, 1.165) is 45.7 Å². The number of fused-ring (bicyclic) bond motifs is 3. The lowest BCUT2D eigenvalue weighted by molar-refractivity contribution is -0.136. The smallest absolute Gasteiger partial charge is 0.348 e. The molecule has 0 atom stereocenters. The van der Waals surface area contributed by atoms with E-state index in [9.17, 15) is 9.59 Å². The molecule has 0 radical (unpaired) electrons. The number of benzene rings is 1. The zero-order valence-corrected chi connectivity index (χ0v) is 19.6. The molecule has 0 saturated carbocycles. The van der Waals surface area contributed by atoms with Crippen LogP contribution in [0.5, 0.6) is 5.75 Å². The van der Waals surface area contributed by atoms with Crippen molar-refractivity contribution in [1.82, 2.24) is 9.80 Å². The number of hydrogen-bond acceptors (Lipinski definition) is 7. The first-order valence-corrected chi connectivity index (χ1v) is 12.3. The monoisotopic (exact) mass is 488 g/mol. The number of nitrogens with zero attached hydrogens (tertiary/aromatic N) is 2. The first kappa shape index (κ1) is 21.5. The number of piperazine rings is 1. The second-order valence-corrected chi connectivity index (χ2v) is 10.5. The van der Waals surface area contributed by atoms with Crippen LogP contribution in [0.15, 0.2) is 42.5 Å². The van der Waals surface area contributed by atoms with E-state index in [1.54, 1.807) is 22.3 Å². The van der Waals surface area contributed by atoms with Crippen molar-refractivity contribution in [2.75, 3.05) is 32.8 Å². The van der Waals surface area contributed by atoms with Crippen molar-refractivity contribution in [3.8, 4) is 16.2 Å². The molecule has 2 aliphatic heterocycles. The lowest BCUT2D eigenvalue weighted by atomic mass is 10.1. The second-order valence-electron chi connectivity index (χ2n) is 7.69. The molecular weight excluding hydrogens is 468 g/mol. The summed E-state index contributed by atoms with van der Waals surface area (Å²) in [5.74, 6) is 0.189. The molecule has 1 saturated heterocycles. The van der Waals surface area contributed by atoms with Gasteiger partial charge < -0.3 is 14.4 Å². The van der Waals surface area contributed by atoms with Crippen molar-refractivity contribution < 1.29 is 19.1 Å². The van der Waals surface area contributed by atoms with Gasteiger partial charge in [-0.25, -0.2) is 4.79 Å². The van der Waals surface area contributed by atoms with Crippen LogP contribution in [-0.4, -0.2) is 54.5 Å². The normalized spacial score (nSPS) is 15.6. The van der Waals surface area contributed by atoms with E-state index in [0.29, 0.717) is 24.6 Å². The quantitative estimate of drug-likeness (QED) is 0.494. The molecular formula is C23H21ClN2O4S2. The van der Waals surface area contributed by atoms with Gasteiger partial charge in [-0.2, -0.15) is 0 Å². The van der Waals surface area contributed by atoms with Gasteiger partial charge >= 0.3 is 5.97 Å². The molecule has 0 aliphatic carbocycles. The molecule has 2 aromatic heterocycles. The van der Waals surface area contributed by atoms with Gasteiger partial charge in [-0.1, -0.05) is 23.7 Å². The number of rotatable bonds is 5. The van der Waals surface area contributed by atoms with E-state index in [2.05, 4.69) is 4.90 Å². The second kappa shape index (κ2) is 9.23. The van der Waals surface area contributed by atoms with Crippen LogP contribution in [0.3, 0.4) is 0 Å². The Labute approximate surface area is 198 Å². The Balaban J connectivity index is 1.13. The van der Waals surface area contributed by atoms with E-state index in [1.165, 1.54) is 16.2 Å². The summed E-state index contributed by atoms with van der Waals surface area (Å²) in [5.41, 5.74) is 1.95. The molecule has 32 heavy (non-hydrogen) atoms. The molecule has 4 heterocycles. The summed E-state index contributed by atoms with van der Waals surface area (Å²) in [7, 11) is 0. The Hall–Kier alpha value is -2.39. The molecule has 1 aromatic carbocycles. The fourth-order valence-electron chi connectivity index (χ4n) is 3.90. The Morgan fingerprint density at radius 3 is 2.66 bits per heavy atom. The van der Waals surface area contributed by atoms with Gasteiger partial charge in [0.05, 0.1) is 4.34 Å². The Morgan fingerprint density at radius 2 is 1.88 bits per heavy atom. The van der Waals surface area contributed by atoms with E-state index in [-0.39, 0.29) is 12.5 Å². The SMILES string of the molecule is O=C(OCC(=O)N1CCN(Cc2ccc(Cl)s2)CC1)c1cc2c(s1)-c1ccccc1OC2. The molecule has 0 N–H and O–H groups in total. The van der Waals surface area contributed by atoms with Crippen LogP contribution in [0.1, 0.15) is 20.1 Å². The minimum atomic E-state index is -0.469. The molecule has 0 unspecified atom stereocenters. The summed E-state index contributed by atoms with van der Waals surface area (Å²) >= 11 is 8.96. The molecule has 6 nitrogen and oxygen atoms in total. The average Bonchev–Trinajstić information content (AvgIpc) is 3.44. The van der Waals surface area contributed by atoms with Crippen LogP contribution in [0.2, 0.25) is 4.34 Å². The van der Waals surface area contributed by atoms with Crippen molar-refractivity contribution in [1.29, 1.82) is 0 Å². The Kier molecular flexibility index (Phi) is 6.19. The maximum absolute atomic E-state index is 12.6. The summed E-state index contributed by atoms with van der Waals surface area (Å²) in [4.78, 5) is 31.9. The van der Waals surface area contributed by atoms with Gasteiger partial charge in [0.25, 0.3) is 5.91 Å². The molecule has 1 fully saturated rings. The number of halogens is 1. The summed E-state index contributed by atoms with van der Waals surface area (Å²) in [6.07, 6.45) is 0. The van der Waals surface area contributed by atoms with Crippen LogP contribution in [-0.2, 0) is 22.7 Å². The first-order chi connectivity index (χ1) is 15.6. The predicted molar refractivity (Wildman–Crippen MR) is 126 cm³/mol. The highest BCUT2D eigenvalue weighted by Gasteiger charge is 2.25. The van der Waals surface area contributed by atoms with E-state index >= 15 is 0 Å². The lowest BCUT2D eigenvalue weighted by Gasteiger charge is -2.34. The number of carbonyl (C=O) groups excluding carboxylic acids is 2. The topological polar surface area (TPSA) is 59.1 Å². The third-order valence-corrected chi connectivity index (χ3v) is 7.99. The molecule has 9 heteroatoms. The molecule has 3 aromatic rings. The number of hydrogen-bond donors (Lipinski definition) is 0. The number of carbonyl (C=O) groups is 2. The van der Waals surface area contributed by atoms with Gasteiger partial charge in [0.2, 0.25) is 0 Å². The molecule has 166 valence electrons. The van der Waals surface area contributed by atoms with Crippen LogP contribution in [0.4, 0.5) is 0 Å². The highest BCUT2D eigenvalue weighted by atomic mass is 35.5. The van der Waals surface area contributed by atoms with Crippen LogP contribution < -0.4 is 4.74 Å². The van der Waals surface area contributed by atoms with Gasteiger partial charge in [0, 0.05) is 53.6 Å². The summed E-state index contributed by atoms with van der Waals surface area (Å²) in [6, 6.07) is 13.5. The fraction of sp³-hybridized carbons (Fsp3) is 0.304. The van der Waals surface area contributed by atoms with Gasteiger partial charge in [0.15, 0.2) is 6.61 Å². The van der Waals surface area contributed by atoms with Gasteiger partial charge in [0.1, 0.15) is 17.2 Å². The molecule has 1 amide bonds. The van der Waals surface area contributed by atoms with Gasteiger partial charge in [-0.3, -0.25) is 9.69 Å². The molecule has 0 spiro atoms. The van der Waals surface area contributed by atoms with Crippen molar-refractivity contribution in [3.05, 3.63) is 62.1 Å². The third kappa shape index (κ3) is 4.54. The Morgan fingerprint density at radius 1 is 1.06 bits per heavy atom. The standard InChI is InChI=1S/C23H21ClN2O4S2/c24-20-6-5-16(31-20)12-25-7-9-26(10-8-25)21(27)14-30-23(28)19-11-15-13-29-18-4-2-1-3-17(18)22(15)32-19/h1-6,11H,7-10,12-14H2. The van der Waals surface area contributed by atoms with E-state index in [4.69, 9.17) is 21.1 Å². The molecule has 2 aliphatic rings. The minimum Gasteiger partial charge on any atom is -0.488 e.